The van der Waals surface area contributed by atoms with E-state index >= 15 is 0 Å². The molecule has 0 radical (unpaired) electrons. The highest BCUT2D eigenvalue weighted by molar-refractivity contribution is 7.91. The Bertz CT molecular complexity index is 594. The van der Waals surface area contributed by atoms with E-state index in [-0.39, 0.29) is 11.8 Å². The van der Waals surface area contributed by atoms with Gasteiger partial charge in [0.25, 0.3) is 0 Å². The fraction of sp³-hybridized carbons (Fsp3) is 0.846. The average Bonchev–Trinajstić information content (AvgIpc) is 2.81. The zero-order chi connectivity index (χ0) is 14.3. The molecule has 0 amide bonds. The van der Waals surface area contributed by atoms with Crippen LogP contribution >= 0.6 is 0 Å². The van der Waals surface area contributed by atoms with Gasteiger partial charge in [-0.15, -0.1) is 10.2 Å². The molecule has 0 spiro atoms. The fourth-order valence-corrected chi connectivity index (χ4v) is 5.14. The van der Waals surface area contributed by atoms with E-state index in [2.05, 4.69) is 29.4 Å². The Labute approximate surface area is 119 Å². The summed E-state index contributed by atoms with van der Waals surface area (Å²) in [6, 6.07) is 0.163. The van der Waals surface area contributed by atoms with Gasteiger partial charge in [-0.05, 0) is 18.8 Å². The number of hydrogen-bond acceptors (Lipinski definition) is 5. The van der Waals surface area contributed by atoms with E-state index < -0.39 is 15.1 Å². The van der Waals surface area contributed by atoms with Gasteiger partial charge in [-0.2, -0.15) is 0 Å². The van der Waals surface area contributed by atoms with Crippen LogP contribution in [-0.2, 0) is 16.4 Å². The summed E-state index contributed by atoms with van der Waals surface area (Å²) in [5.74, 6) is 2.24. The first-order chi connectivity index (χ1) is 9.50. The van der Waals surface area contributed by atoms with E-state index in [1.54, 1.807) is 0 Å². The summed E-state index contributed by atoms with van der Waals surface area (Å²) in [6.45, 7) is 5.87. The Morgan fingerprint density at radius 2 is 2.00 bits per heavy atom. The molecule has 0 aromatic carbocycles. The van der Waals surface area contributed by atoms with Crippen molar-refractivity contribution >= 4 is 9.84 Å². The van der Waals surface area contributed by atoms with E-state index in [0.29, 0.717) is 18.2 Å². The number of nitrogens with one attached hydrogen (secondary N) is 1. The van der Waals surface area contributed by atoms with Crippen LogP contribution in [0.1, 0.15) is 56.1 Å². The van der Waals surface area contributed by atoms with Crippen LogP contribution in [0.5, 0.6) is 0 Å². The van der Waals surface area contributed by atoms with Gasteiger partial charge in [-0.1, -0.05) is 20.3 Å². The molecule has 20 heavy (non-hydrogen) atoms. The molecule has 0 saturated carbocycles. The molecule has 2 aliphatic heterocycles. The lowest BCUT2D eigenvalue weighted by molar-refractivity contribution is 0.334. The van der Waals surface area contributed by atoms with Crippen LogP contribution in [0.3, 0.4) is 0 Å². The Morgan fingerprint density at radius 3 is 2.70 bits per heavy atom. The Morgan fingerprint density at radius 1 is 1.25 bits per heavy atom. The Hall–Kier alpha value is -0.950. The molecule has 2 aliphatic rings. The van der Waals surface area contributed by atoms with Crippen LogP contribution in [-0.4, -0.2) is 35.5 Å². The normalized spacial score (nSPS) is 29.4. The molecule has 1 N–H and O–H groups in total. The molecule has 3 heterocycles. The Kier molecular flexibility index (Phi) is 3.58. The van der Waals surface area contributed by atoms with Crippen molar-refractivity contribution in [3.8, 4) is 0 Å². The average molecular weight is 298 g/mol. The quantitative estimate of drug-likeness (QED) is 0.888. The molecule has 1 saturated heterocycles. The van der Waals surface area contributed by atoms with Crippen molar-refractivity contribution in [1.82, 2.24) is 20.1 Å². The summed E-state index contributed by atoms with van der Waals surface area (Å²) in [4.78, 5) is 0. The number of nitrogens with zero attached hydrogens (tertiary/aromatic N) is 3. The SMILES string of the molecule is CC(C)C1NCCn2c1nnc2C1CCCCS1(=O)=O. The minimum Gasteiger partial charge on any atom is -0.311 e. The van der Waals surface area contributed by atoms with E-state index in [1.165, 1.54) is 0 Å². The van der Waals surface area contributed by atoms with Crippen molar-refractivity contribution < 1.29 is 8.42 Å². The highest BCUT2D eigenvalue weighted by Crippen LogP contribution is 2.34. The molecule has 3 rings (SSSR count). The summed E-state index contributed by atoms with van der Waals surface area (Å²) in [5, 5.41) is 11.5. The predicted molar refractivity (Wildman–Crippen MR) is 76.0 cm³/mol. The van der Waals surface area contributed by atoms with Crippen LogP contribution < -0.4 is 5.32 Å². The van der Waals surface area contributed by atoms with Crippen LogP contribution in [0.2, 0.25) is 0 Å². The second kappa shape index (κ2) is 5.11. The Balaban J connectivity index is 2.00. The molecule has 7 heteroatoms. The fourth-order valence-electron chi connectivity index (χ4n) is 3.23. The van der Waals surface area contributed by atoms with Gasteiger partial charge in [0.1, 0.15) is 5.25 Å². The second-order valence-electron chi connectivity index (χ2n) is 6.10. The lowest BCUT2D eigenvalue weighted by Crippen LogP contribution is -2.37. The van der Waals surface area contributed by atoms with Gasteiger partial charge in [0.05, 0.1) is 11.8 Å². The van der Waals surface area contributed by atoms with Crippen LogP contribution in [0, 0.1) is 5.92 Å². The van der Waals surface area contributed by atoms with Crippen molar-refractivity contribution in [3.63, 3.8) is 0 Å². The van der Waals surface area contributed by atoms with E-state index in [1.807, 2.05) is 4.57 Å². The summed E-state index contributed by atoms with van der Waals surface area (Å²) in [7, 11) is -3.06. The highest BCUT2D eigenvalue weighted by atomic mass is 32.2. The molecule has 1 aromatic rings. The molecule has 2 atom stereocenters. The van der Waals surface area contributed by atoms with Crippen molar-refractivity contribution in [2.75, 3.05) is 12.3 Å². The molecule has 1 aromatic heterocycles. The van der Waals surface area contributed by atoms with E-state index in [9.17, 15) is 8.42 Å². The summed E-state index contributed by atoms with van der Waals surface area (Å²) in [6.07, 6.45) is 2.41. The number of sulfone groups is 1. The van der Waals surface area contributed by atoms with Gasteiger partial charge in [0.15, 0.2) is 21.5 Å². The summed E-state index contributed by atoms with van der Waals surface area (Å²) >= 11 is 0. The monoisotopic (exact) mass is 298 g/mol. The van der Waals surface area contributed by atoms with Gasteiger partial charge < -0.3 is 9.88 Å². The maximum absolute atomic E-state index is 12.3. The minimum absolute atomic E-state index is 0.163. The number of fused-ring (bicyclic) bond motifs is 1. The summed E-state index contributed by atoms with van der Waals surface area (Å²) < 4.78 is 26.6. The van der Waals surface area contributed by atoms with Gasteiger partial charge in [0, 0.05) is 13.1 Å². The van der Waals surface area contributed by atoms with Crippen molar-refractivity contribution in [2.45, 2.75) is 50.9 Å². The van der Waals surface area contributed by atoms with Crippen molar-refractivity contribution in [2.24, 2.45) is 5.92 Å². The molecule has 1 fully saturated rings. The third-order valence-corrected chi connectivity index (χ3v) is 6.49. The lowest BCUT2D eigenvalue weighted by Gasteiger charge is -2.29. The predicted octanol–water partition coefficient (Wildman–Crippen LogP) is 1.22. The lowest BCUT2D eigenvalue weighted by atomic mass is 10.0. The standard InChI is InChI=1S/C13H22N4O2S/c1-9(2)11-13-16-15-12(17(13)7-6-14-11)10-5-3-4-8-20(10,18)19/h9-11,14H,3-8H2,1-2H3. The van der Waals surface area contributed by atoms with Gasteiger partial charge in [-0.3, -0.25) is 0 Å². The first kappa shape index (κ1) is 14.0. The molecule has 6 nitrogen and oxygen atoms in total. The minimum atomic E-state index is -3.06. The first-order valence-corrected chi connectivity index (χ1v) is 9.10. The second-order valence-corrected chi connectivity index (χ2v) is 8.40. The van der Waals surface area contributed by atoms with Crippen LogP contribution in [0.25, 0.3) is 0 Å². The number of rotatable bonds is 2. The third-order valence-electron chi connectivity index (χ3n) is 4.32. The first-order valence-electron chi connectivity index (χ1n) is 7.38. The molecule has 0 aliphatic carbocycles. The van der Waals surface area contributed by atoms with Gasteiger partial charge in [-0.25, -0.2) is 8.42 Å². The van der Waals surface area contributed by atoms with Crippen molar-refractivity contribution in [3.05, 3.63) is 11.6 Å². The van der Waals surface area contributed by atoms with E-state index in [4.69, 9.17) is 0 Å². The highest BCUT2D eigenvalue weighted by Gasteiger charge is 2.37. The maximum atomic E-state index is 12.3. The van der Waals surface area contributed by atoms with Crippen LogP contribution in [0.4, 0.5) is 0 Å². The van der Waals surface area contributed by atoms with Crippen molar-refractivity contribution in [1.29, 1.82) is 0 Å². The third kappa shape index (κ3) is 2.26. The molecule has 112 valence electrons. The molecule has 2 unspecified atom stereocenters. The molecule has 0 bridgehead atoms. The zero-order valence-corrected chi connectivity index (χ0v) is 12.9. The number of aromatic nitrogens is 3. The maximum Gasteiger partial charge on any atom is 0.160 e. The number of hydrogen-bond donors (Lipinski definition) is 1. The topological polar surface area (TPSA) is 76.9 Å². The smallest absolute Gasteiger partial charge is 0.160 e. The van der Waals surface area contributed by atoms with E-state index in [0.717, 1.165) is 31.8 Å². The van der Waals surface area contributed by atoms with Crippen LogP contribution in [0.15, 0.2) is 0 Å². The van der Waals surface area contributed by atoms with Gasteiger partial charge in [0.2, 0.25) is 0 Å². The molecular weight excluding hydrogens is 276 g/mol. The van der Waals surface area contributed by atoms with Gasteiger partial charge >= 0.3 is 0 Å². The largest absolute Gasteiger partial charge is 0.311 e. The molecular formula is C13H22N4O2S. The summed E-state index contributed by atoms with van der Waals surface area (Å²) in [5.41, 5.74) is 0. The zero-order valence-electron chi connectivity index (χ0n) is 12.0.